The zero-order valence-corrected chi connectivity index (χ0v) is 10.8. The number of amides is 1. The van der Waals surface area contributed by atoms with Crippen LogP contribution in [0.5, 0.6) is 0 Å². The number of carbonyl (C=O) groups is 2. The van der Waals surface area contributed by atoms with Crippen LogP contribution in [0.2, 0.25) is 0 Å². The number of carbonyl (C=O) groups excluding carboxylic acids is 2. The van der Waals surface area contributed by atoms with Crippen molar-refractivity contribution < 1.29 is 9.59 Å². The van der Waals surface area contributed by atoms with Crippen molar-refractivity contribution in [3.63, 3.8) is 0 Å². The van der Waals surface area contributed by atoms with Gasteiger partial charge in [-0.3, -0.25) is 14.6 Å². The van der Waals surface area contributed by atoms with Gasteiger partial charge < -0.3 is 5.32 Å². The molecule has 5 nitrogen and oxygen atoms in total. The Balaban J connectivity index is 2.26. The topological polar surface area (TPSA) is 82.8 Å². The maximum absolute atomic E-state index is 12.1. The van der Waals surface area contributed by atoms with Gasteiger partial charge in [-0.25, -0.2) is 0 Å². The van der Waals surface area contributed by atoms with E-state index in [9.17, 15) is 9.59 Å². The van der Waals surface area contributed by atoms with Gasteiger partial charge in [0.05, 0.1) is 11.1 Å². The first-order valence-corrected chi connectivity index (χ1v) is 5.88. The summed E-state index contributed by atoms with van der Waals surface area (Å²) < 4.78 is 0. The lowest BCUT2D eigenvalue weighted by Gasteiger charge is -2.07. The smallest absolute Gasteiger partial charge is 0.258 e. The number of rotatable bonds is 3. The second kappa shape index (κ2) is 5.76. The number of nitriles is 1. The lowest BCUT2D eigenvalue weighted by atomic mass is 10.1. The number of hydrogen-bond acceptors (Lipinski definition) is 4. The first-order valence-electron chi connectivity index (χ1n) is 5.88. The third kappa shape index (κ3) is 2.87. The number of Topliss-reactive ketones (excluding diaryl/α,β-unsaturated/α-hetero) is 1. The van der Waals surface area contributed by atoms with Crippen molar-refractivity contribution in [2.24, 2.45) is 0 Å². The van der Waals surface area contributed by atoms with Crippen molar-refractivity contribution in [2.75, 3.05) is 5.32 Å². The molecule has 0 aliphatic heterocycles. The van der Waals surface area contributed by atoms with Crippen molar-refractivity contribution in [1.29, 1.82) is 5.26 Å². The maximum Gasteiger partial charge on any atom is 0.258 e. The summed E-state index contributed by atoms with van der Waals surface area (Å²) in [5, 5.41) is 11.6. The first-order chi connectivity index (χ1) is 9.61. The van der Waals surface area contributed by atoms with Gasteiger partial charge in [0, 0.05) is 23.6 Å². The van der Waals surface area contributed by atoms with Gasteiger partial charge in [0.15, 0.2) is 5.78 Å². The highest BCUT2D eigenvalue weighted by Crippen LogP contribution is 2.14. The van der Waals surface area contributed by atoms with E-state index < -0.39 is 5.91 Å². The van der Waals surface area contributed by atoms with Crippen LogP contribution in [0.4, 0.5) is 5.69 Å². The zero-order chi connectivity index (χ0) is 14.5. The summed E-state index contributed by atoms with van der Waals surface area (Å²) in [6, 6.07) is 10.0. The molecule has 1 aromatic carbocycles. The summed E-state index contributed by atoms with van der Waals surface area (Å²) in [5.74, 6) is -0.518. The highest BCUT2D eigenvalue weighted by atomic mass is 16.1. The van der Waals surface area contributed by atoms with Crippen molar-refractivity contribution in [3.8, 4) is 6.07 Å². The van der Waals surface area contributed by atoms with Crippen LogP contribution in [-0.2, 0) is 0 Å². The van der Waals surface area contributed by atoms with E-state index in [1.54, 1.807) is 24.3 Å². The van der Waals surface area contributed by atoms with Gasteiger partial charge >= 0.3 is 0 Å². The highest BCUT2D eigenvalue weighted by molar-refractivity contribution is 6.06. The third-order valence-corrected chi connectivity index (χ3v) is 2.71. The predicted octanol–water partition coefficient (Wildman–Crippen LogP) is 2.41. The van der Waals surface area contributed by atoms with Crippen molar-refractivity contribution in [3.05, 3.63) is 59.4 Å². The molecule has 0 bridgehead atoms. The van der Waals surface area contributed by atoms with Crippen LogP contribution >= 0.6 is 0 Å². The van der Waals surface area contributed by atoms with Gasteiger partial charge in [-0.05, 0) is 25.1 Å². The minimum Gasteiger partial charge on any atom is -0.322 e. The second-order valence-electron chi connectivity index (χ2n) is 4.12. The largest absolute Gasteiger partial charge is 0.322 e. The fourth-order valence-electron chi connectivity index (χ4n) is 1.69. The number of benzene rings is 1. The van der Waals surface area contributed by atoms with Crippen molar-refractivity contribution >= 4 is 17.4 Å². The molecule has 0 unspecified atom stereocenters. The number of aromatic nitrogens is 1. The summed E-state index contributed by atoms with van der Waals surface area (Å²) in [4.78, 5) is 27.2. The van der Waals surface area contributed by atoms with E-state index in [-0.39, 0.29) is 16.9 Å². The number of ketones is 1. The molecule has 2 rings (SSSR count). The number of hydrogen-bond donors (Lipinski definition) is 1. The third-order valence-electron chi connectivity index (χ3n) is 2.71. The summed E-state index contributed by atoms with van der Waals surface area (Å²) >= 11 is 0. The van der Waals surface area contributed by atoms with Crippen molar-refractivity contribution in [2.45, 2.75) is 6.92 Å². The minimum atomic E-state index is -0.435. The molecule has 2 aromatic rings. The van der Waals surface area contributed by atoms with E-state index in [0.717, 1.165) is 0 Å². The Morgan fingerprint density at radius 1 is 1.30 bits per heavy atom. The molecule has 0 aliphatic carbocycles. The van der Waals surface area contributed by atoms with E-state index in [2.05, 4.69) is 10.3 Å². The van der Waals surface area contributed by atoms with Crippen LogP contribution in [0.1, 0.15) is 33.2 Å². The van der Waals surface area contributed by atoms with Crippen LogP contribution < -0.4 is 5.32 Å². The Labute approximate surface area is 115 Å². The molecule has 0 radical (unpaired) electrons. The Kier molecular flexibility index (Phi) is 3.87. The lowest BCUT2D eigenvalue weighted by Crippen LogP contribution is -2.14. The average molecular weight is 265 g/mol. The van der Waals surface area contributed by atoms with Gasteiger partial charge in [-0.2, -0.15) is 5.26 Å². The molecule has 20 heavy (non-hydrogen) atoms. The van der Waals surface area contributed by atoms with Crippen molar-refractivity contribution in [1.82, 2.24) is 4.98 Å². The molecule has 0 atom stereocenters. The molecule has 1 N–H and O–H groups in total. The quantitative estimate of drug-likeness (QED) is 0.864. The summed E-state index contributed by atoms with van der Waals surface area (Å²) in [6.07, 6.45) is 2.79. The Bertz CT molecular complexity index is 717. The average Bonchev–Trinajstić information content (AvgIpc) is 2.47. The van der Waals surface area contributed by atoms with Gasteiger partial charge in [-0.1, -0.05) is 12.1 Å². The molecular formula is C15H11N3O2. The molecule has 0 spiro atoms. The van der Waals surface area contributed by atoms with Gasteiger partial charge in [0.2, 0.25) is 0 Å². The molecule has 1 amide bonds. The Morgan fingerprint density at radius 3 is 2.80 bits per heavy atom. The number of nitrogens with zero attached hydrogens (tertiary/aromatic N) is 2. The molecule has 0 saturated heterocycles. The summed E-state index contributed by atoms with van der Waals surface area (Å²) in [7, 11) is 0. The molecular weight excluding hydrogens is 254 g/mol. The predicted molar refractivity (Wildman–Crippen MR) is 73.4 cm³/mol. The fraction of sp³-hybridized carbons (Fsp3) is 0.0667. The standard InChI is InChI=1S/C15H11N3O2/c1-10(19)11-3-2-4-13(7-11)18-15(20)14-9-17-6-5-12(14)8-16/h2-7,9H,1H3,(H,18,20). The van der Waals surface area contributed by atoms with Crippen LogP contribution in [-0.4, -0.2) is 16.7 Å². The Morgan fingerprint density at radius 2 is 2.10 bits per heavy atom. The molecule has 1 heterocycles. The minimum absolute atomic E-state index is 0.0832. The molecule has 0 fully saturated rings. The Hall–Kier alpha value is -3.00. The molecule has 1 aromatic heterocycles. The van der Waals surface area contributed by atoms with Gasteiger partial charge in [-0.15, -0.1) is 0 Å². The maximum atomic E-state index is 12.1. The van der Waals surface area contributed by atoms with E-state index in [0.29, 0.717) is 11.3 Å². The summed E-state index contributed by atoms with van der Waals surface area (Å²) in [5.41, 5.74) is 1.45. The van der Waals surface area contributed by atoms with Crippen LogP contribution in [0.25, 0.3) is 0 Å². The fourth-order valence-corrected chi connectivity index (χ4v) is 1.69. The van der Waals surface area contributed by atoms with Crippen LogP contribution in [0.3, 0.4) is 0 Å². The van der Waals surface area contributed by atoms with Gasteiger partial charge in [0.1, 0.15) is 6.07 Å². The second-order valence-corrected chi connectivity index (χ2v) is 4.12. The van der Waals surface area contributed by atoms with E-state index in [1.165, 1.54) is 25.4 Å². The normalized spacial score (nSPS) is 9.60. The SMILES string of the molecule is CC(=O)c1cccc(NC(=O)c2cnccc2C#N)c1. The molecule has 5 heteroatoms. The molecule has 0 saturated carbocycles. The number of anilines is 1. The van der Waals surface area contributed by atoms with Gasteiger partial charge in [0.25, 0.3) is 5.91 Å². The molecule has 98 valence electrons. The lowest BCUT2D eigenvalue weighted by molar-refractivity contribution is 0.101. The highest BCUT2D eigenvalue weighted by Gasteiger charge is 2.12. The van der Waals surface area contributed by atoms with E-state index >= 15 is 0 Å². The van der Waals surface area contributed by atoms with E-state index in [4.69, 9.17) is 5.26 Å². The number of pyridine rings is 1. The van der Waals surface area contributed by atoms with Crippen LogP contribution in [0, 0.1) is 11.3 Å². The van der Waals surface area contributed by atoms with Crippen LogP contribution in [0.15, 0.2) is 42.7 Å². The molecule has 0 aliphatic rings. The zero-order valence-electron chi connectivity index (χ0n) is 10.8. The first kappa shape index (κ1) is 13.4. The van der Waals surface area contributed by atoms with E-state index in [1.807, 2.05) is 6.07 Å². The number of nitrogens with one attached hydrogen (secondary N) is 1. The monoisotopic (exact) mass is 265 g/mol. The summed E-state index contributed by atoms with van der Waals surface area (Å²) in [6.45, 7) is 1.45.